The Morgan fingerprint density at radius 1 is 0.889 bits per heavy atom. The number of morpholine rings is 1. The number of benzene rings is 2. The maximum Gasteiger partial charge on any atom is 0.253 e. The highest BCUT2D eigenvalue weighted by molar-refractivity contribution is 7.90. The van der Waals surface area contributed by atoms with Crippen molar-refractivity contribution in [2.75, 3.05) is 63.6 Å². The number of carbonyl (C=O) groups excluding carboxylic acids is 1. The van der Waals surface area contributed by atoms with Gasteiger partial charge < -0.3 is 14.5 Å². The maximum absolute atomic E-state index is 13.0. The predicted molar refractivity (Wildman–Crippen MR) is 137 cm³/mol. The van der Waals surface area contributed by atoms with Crippen molar-refractivity contribution in [3.05, 3.63) is 48.0 Å². The van der Waals surface area contributed by atoms with E-state index in [-0.39, 0.29) is 15.7 Å². The second-order valence-corrected chi connectivity index (χ2v) is 13.7. The summed E-state index contributed by atoms with van der Waals surface area (Å²) < 4.78 is 56.7. The van der Waals surface area contributed by atoms with Crippen LogP contribution in [-0.4, -0.2) is 95.7 Å². The SMILES string of the molecule is CS(=O)(=O)c1ccc2nc(N3CCN(C(=O)c4ccc(S(=O)(=O)N5CCOCC5)cc4)CC3)sc2c1. The molecule has 3 aromatic rings. The van der Waals surface area contributed by atoms with E-state index in [1.165, 1.54) is 34.0 Å². The van der Waals surface area contributed by atoms with Crippen LogP contribution >= 0.6 is 11.3 Å². The normalized spacial score (nSPS) is 18.0. The van der Waals surface area contributed by atoms with Crippen LogP contribution in [0.15, 0.2) is 52.3 Å². The molecule has 2 fully saturated rings. The van der Waals surface area contributed by atoms with Crippen LogP contribution in [0.4, 0.5) is 5.13 Å². The van der Waals surface area contributed by atoms with Gasteiger partial charge in [0.1, 0.15) is 0 Å². The van der Waals surface area contributed by atoms with Crippen LogP contribution in [-0.2, 0) is 24.6 Å². The number of sulfone groups is 1. The summed E-state index contributed by atoms with van der Waals surface area (Å²) in [6, 6.07) is 11.0. The Bertz CT molecular complexity index is 1490. The third kappa shape index (κ3) is 4.98. The summed E-state index contributed by atoms with van der Waals surface area (Å²) >= 11 is 1.43. The van der Waals surface area contributed by atoms with Gasteiger partial charge in [-0.2, -0.15) is 4.31 Å². The molecule has 2 aliphatic heterocycles. The molecule has 0 spiro atoms. The van der Waals surface area contributed by atoms with Crippen molar-refractivity contribution in [1.82, 2.24) is 14.2 Å². The summed E-state index contributed by atoms with van der Waals surface area (Å²) in [6.45, 7) is 3.57. The fraction of sp³-hybridized carbons (Fsp3) is 0.391. The van der Waals surface area contributed by atoms with E-state index in [0.29, 0.717) is 58.0 Å². The monoisotopic (exact) mass is 550 g/mol. The first-order valence-corrected chi connectivity index (χ1v) is 15.6. The van der Waals surface area contributed by atoms with Crippen molar-refractivity contribution >= 4 is 52.5 Å². The quantitative estimate of drug-likeness (QED) is 0.471. The van der Waals surface area contributed by atoms with Crippen LogP contribution in [0.2, 0.25) is 0 Å². The summed E-state index contributed by atoms with van der Waals surface area (Å²) in [4.78, 5) is 21.9. The Labute approximate surface area is 214 Å². The van der Waals surface area contributed by atoms with Gasteiger partial charge >= 0.3 is 0 Å². The topological polar surface area (TPSA) is 117 Å². The first kappa shape index (κ1) is 25.1. The van der Waals surface area contributed by atoms with Gasteiger partial charge in [-0.15, -0.1) is 0 Å². The number of ether oxygens (including phenoxy) is 1. The van der Waals surface area contributed by atoms with Gasteiger partial charge in [-0.1, -0.05) is 11.3 Å². The zero-order valence-electron chi connectivity index (χ0n) is 19.7. The van der Waals surface area contributed by atoms with Gasteiger partial charge in [-0.3, -0.25) is 4.79 Å². The second-order valence-electron chi connectivity index (χ2n) is 8.72. The zero-order chi connectivity index (χ0) is 25.5. The van der Waals surface area contributed by atoms with Gasteiger partial charge in [0.25, 0.3) is 5.91 Å². The van der Waals surface area contributed by atoms with Crippen LogP contribution in [0.5, 0.6) is 0 Å². The number of hydrogen-bond donors (Lipinski definition) is 0. The average molecular weight is 551 g/mol. The summed E-state index contributed by atoms with van der Waals surface area (Å²) in [6.07, 6.45) is 1.18. The lowest BCUT2D eigenvalue weighted by Crippen LogP contribution is -2.48. The number of nitrogens with zero attached hydrogens (tertiary/aromatic N) is 4. The summed E-state index contributed by atoms with van der Waals surface area (Å²) in [5.74, 6) is -0.146. The molecule has 0 unspecified atom stereocenters. The molecule has 3 heterocycles. The number of sulfonamides is 1. The second kappa shape index (κ2) is 9.71. The molecule has 13 heteroatoms. The summed E-state index contributed by atoms with van der Waals surface area (Å²) in [7, 11) is -6.90. The van der Waals surface area contributed by atoms with Gasteiger partial charge in [0.2, 0.25) is 10.0 Å². The molecule has 2 aliphatic rings. The molecule has 192 valence electrons. The van der Waals surface area contributed by atoms with Crippen molar-refractivity contribution < 1.29 is 26.4 Å². The van der Waals surface area contributed by atoms with E-state index in [4.69, 9.17) is 4.74 Å². The van der Waals surface area contributed by atoms with E-state index in [1.54, 1.807) is 35.2 Å². The van der Waals surface area contributed by atoms with Crippen LogP contribution in [0, 0.1) is 0 Å². The third-order valence-corrected chi connectivity index (χ3v) is 10.4. The lowest BCUT2D eigenvalue weighted by Gasteiger charge is -2.34. The number of fused-ring (bicyclic) bond motifs is 1. The molecule has 0 saturated carbocycles. The Morgan fingerprint density at radius 2 is 1.53 bits per heavy atom. The Morgan fingerprint density at radius 3 is 2.17 bits per heavy atom. The fourth-order valence-electron chi connectivity index (χ4n) is 4.25. The van der Waals surface area contributed by atoms with E-state index >= 15 is 0 Å². The molecule has 0 radical (unpaired) electrons. The molecule has 0 bridgehead atoms. The summed E-state index contributed by atoms with van der Waals surface area (Å²) in [5, 5.41) is 0.792. The van der Waals surface area contributed by atoms with E-state index in [0.717, 1.165) is 15.3 Å². The number of rotatable bonds is 5. The number of thiazole rings is 1. The van der Waals surface area contributed by atoms with Gasteiger partial charge in [0.15, 0.2) is 15.0 Å². The lowest BCUT2D eigenvalue weighted by atomic mass is 10.2. The highest BCUT2D eigenvalue weighted by Crippen LogP contribution is 2.31. The van der Waals surface area contributed by atoms with E-state index in [9.17, 15) is 21.6 Å². The van der Waals surface area contributed by atoms with Gasteiger partial charge in [0.05, 0.1) is 33.2 Å². The van der Waals surface area contributed by atoms with Crippen LogP contribution in [0.25, 0.3) is 10.2 Å². The molecule has 0 N–H and O–H groups in total. The van der Waals surface area contributed by atoms with Crippen LogP contribution in [0.1, 0.15) is 10.4 Å². The molecule has 0 aliphatic carbocycles. The first-order valence-electron chi connectivity index (χ1n) is 11.5. The van der Waals surface area contributed by atoms with E-state index in [1.807, 2.05) is 0 Å². The van der Waals surface area contributed by atoms with E-state index in [2.05, 4.69) is 9.88 Å². The minimum absolute atomic E-state index is 0.146. The molecule has 1 amide bonds. The third-order valence-electron chi connectivity index (χ3n) is 6.32. The number of piperazine rings is 1. The van der Waals surface area contributed by atoms with Crippen LogP contribution < -0.4 is 4.90 Å². The molecule has 2 aromatic carbocycles. The molecular weight excluding hydrogens is 524 g/mol. The number of amides is 1. The highest BCUT2D eigenvalue weighted by Gasteiger charge is 2.28. The van der Waals surface area contributed by atoms with Crippen molar-refractivity contribution in [2.24, 2.45) is 0 Å². The minimum atomic E-state index is -3.61. The standard InChI is InChI=1S/C23H26N4O6S3/c1-35(29,30)19-6-7-20-21(16-19)34-23(24-20)26-10-8-25(9-11-26)22(28)17-2-4-18(5-3-17)36(31,32)27-12-14-33-15-13-27/h2-7,16H,8-15H2,1H3. The minimum Gasteiger partial charge on any atom is -0.379 e. The van der Waals surface area contributed by atoms with E-state index < -0.39 is 19.9 Å². The lowest BCUT2D eigenvalue weighted by molar-refractivity contribution is 0.0730. The molecular formula is C23H26N4O6S3. The molecule has 5 rings (SSSR count). The van der Waals surface area contributed by atoms with Crippen molar-refractivity contribution in [3.63, 3.8) is 0 Å². The Kier molecular flexibility index (Phi) is 6.76. The maximum atomic E-state index is 13.0. The van der Waals surface area contributed by atoms with Crippen molar-refractivity contribution in [3.8, 4) is 0 Å². The first-order chi connectivity index (χ1) is 17.1. The largest absolute Gasteiger partial charge is 0.379 e. The molecule has 2 saturated heterocycles. The smallest absolute Gasteiger partial charge is 0.253 e. The Balaban J connectivity index is 1.23. The van der Waals surface area contributed by atoms with Gasteiger partial charge in [-0.05, 0) is 42.5 Å². The number of hydrogen-bond acceptors (Lipinski definition) is 9. The highest BCUT2D eigenvalue weighted by atomic mass is 32.2. The van der Waals surface area contributed by atoms with Gasteiger partial charge in [-0.25, -0.2) is 21.8 Å². The molecule has 0 atom stereocenters. The number of aromatic nitrogens is 1. The molecule has 36 heavy (non-hydrogen) atoms. The number of anilines is 1. The Hall–Kier alpha value is -2.58. The predicted octanol–water partition coefficient (Wildman–Crippen LogP) is 1.68. The fourth-order valence-corrected chi connectivity index (χ4v) is 7.43. The van der Waals surface area contributed by atoms with Crippen molar-refractivity contribution in [2.45, 2.75) is 9.79 Å². The van der Waals surface area contributed by atoms with Gasteiger partial charge in [0, 0.05) is 51.1 Å². The average Bonchev–Trinajstić information content (AvgIpc) is 3.32. The van der Waals surface area contributed by atoms with Crippen molar-refractivity contribution in [1.29, 1.82) is 0 Å². The zero-order valence-corrected chi connectivity index (χ0v) is 22.1. The number of carbonyl (C=O) groups is 1. The molecule has 10 nitrogen and oxygen atoms in total. The van der Waals surface area contributed by atoms with Crippen LogP contribution in [0.3, 0.4) is 0 Å². The molecule has 1 aromatic heterocycles. The summed E-state index contributed by atoms with van der Waals surface area (Å²) in [5.41, 5.74) is 1.19.